The van der Waals surface area contributed by atoms with Gasteiger partial charge in [0.1, 0.15) is 12.3 Å². The first-order valence-electron chi connectivity index (χ1n) is 2.29. The quantitative estimate of drug-likeness (QED) is 0.526. The third kappa shape index (κ3) is 1.56. The van der Waals surface area contributed by atoms with Crippen LogP contribution in [0.25, 0.3) is 0 Å². The Morgan fingerprint density at radius 3 is 1.62 bits per heavy atom. The van der Waals surface area contributed by atoms with Crippen molar-refractivity contribution >= 4 is 12.4 Å². The van der Waals surface area contributed by atoms with Gasteiger partial charge in [-0.05, 0) is 0 Å². The van der Waals surface area contributed by atoms with E-state index < -0.39 is 12.3 Å². The minimum Gasteiger partial charge on any atom is -0.311 e. The zero-order chi connectivity index (χ0) is 5.28. The van der Waals surface area contributed by atoms with Crippen molar-refractivity contribution in [2.24, 2.45) is 0 Å². The lowest BCUT2D eigenvalue weighted by molar-refractivity contribution is 0.217. The molecule has 0 radical (unpaired) electrons. The highest BCUT2D eigenvalue weighted by atomic mass is 35.5. The molecule has 0 aromatic carbocycles. The molecule has 4 heteroatoms. The molecule has 1 fully saturated rings. The fraction of sp³-hybridized carbons (Fsp3) is 1.00. The van der Waals surface area contributed by atoms with Gasteiger partial charge in [-0.25, -0.2) is 8.78 Å². The molecule has 0 aromatic rings. The number of nitrogens with one attached hydrogen (secondary N) is 1. The Hall–Kier alpha value is 0.110. The first kappa shape index (κ1) is 8.11. The monoisotopic (exact) mass is 143 g/mol. The van der Waals surface area contributed by atoms with Crippen LogP contribution in [0.5, 0.6) is 0 Å². The third-order valence-corrected chi connectivity index (χ3v) is 1.07. The Labute approximate surface area is 52.9 Å². The summed E-state index contributed by atoms with van der Waals surface area (Å²) in [5.74, 6) is 0. The smallest absolute Gasteiger partial charge is 0.145 e. The molecule has 1 rings (SSSR count). The zero-order valence-corrected chi connectivity index (χ0v) is 5.05. The molecule has 0 bridgehead atoms. The Morgan fingerprint density at radius 1 is 1.12 bits per heavy atom. The van der Waals surface area contributed by atoms with E-state index in [1.165, 1.54) is 0 Å². The Balaban J connectivity index is 0.000000490. The summed E-state index contributed by atoms with van der Waals surface area (Å²) < 4.78 is 23.8. The standard InChI is InChI=1S/C4H7F2N.ClH/c5-3-1-7-2-4(3)6;/h3-4,7H,1-2H2;1H/t3-,4-;/m0./s1. The number of hydrogen-bond acceptors (Lipinski definition) is 1. The number of rotatable bonds is 0. The molecule has 0 aromatic heterocycles. The first-order chi connectivity index (χ1) is 3.30. The lowest BCUT2D eigenvalue weighted by atomic mass is 10.3. The van der Waals surface area contributed by atoms with Gasteiger partial charge >= 0.3 is 0 Å². The van der Waals surface area contributed by atoms with Crippen LogP contribution in [0.1, 0.15) is 0 Å². The second-order valence-electron chi connectivity index (χ2n) is 1.69. The first-order valence-corrected chi connectivity index (χ1v) is 2.29. The van der Waals surface area contributed by atoms with E-state index in [1.54, 1.807) is 0 Å². The van der Waals surface area contributed by atoms with Crippen molar-refractivity contribution in [3.05, 3.63) is 0 Å². The topological polar surface area (TPSA) is 12.0 Å². The molecule has 1 saturated heterocycles. The Bertz CT molecular complexity index is 63.1. The van der Waals surface area contributed by atoms with Crippen LogP contribution in [0.4, 0.5) is 8.78 Å². The highest BCUT2D eigenvalue weighted by molar-refractivity contribution is 5.85. The molecule has 0 saturated carbocycles. The Kier molecular flexibility index (Phi) is 3.24. The van der Waals surface area contributed by atoms with Crippen LogP contribution >= 0.6 is 12.4 Å². The van der Waals surface area contributed by atoms with Crippen molar-refractivity contribution in [3.8, 4) is 0 Å². The van der Waals surface area contributed by atoms with Crippen LogP contribution in [0.15, 0.2) is 0 Å². The maximum absolute atomic E-state index is 11.9. The van der Waals surface area contributed by atoms with E-state index in [0.717, 1.165) is 0 Å². The van der Waals surface area contributed by atoms with Crippen LogP contribution in [0, 0.1) is 0 Å². The fourth-order valence-corrected chi connectivity index (χ4v) is 0.615. The highest BCUT2D eigenvalue weighted by Crippen LogP contribution is 2.06. The summed E-state index contributed by atoms with van der Waals surface area (Å²) in [6.07, 6.45) is -2.53. The predicted octanol–water partition coefficient (Wildman–Crippen LogP) is 0.688. The lowest BCUT2D eigenvalue weighted by Gasteiger charge is -1.95. The summed E-state index contributed by atoms with van der Waals surface area (Å²) in [5, 5.41) is 2.57. The summed E-state index contributed by atoms with van der Waals surface area (Å²) >= 11 is 0. The minimum atomic E-state index is -1.26. The highest BCUT2D eigenvalue weighted by Gasteiger charge is 2.25. The molecule has 1 heterocycles. The average Bonchev–Trinajstić information content (AvgIpc) is 1.91. The fourth-order valence-electron chi connectivity index (χ4n) is 0.615. The molecular formula is C4H8ClF2N. The summed E-state index contributed by atoms with van der Waals surface area (Å²) in [6.45, 7) is 0.363. The summed E-state index contributed by atoms with van der Waals surface area (Å²) in [7, 11) is 0. The van der Waals surface area contributed by atoms with Crippen LogP contribution in [0.2, 0.25) is 0 Å². The SMILES string of the molecule is Cl.F[C@H]1CNC[C@@H]1F. The molecule has 2 atom stereocenters. The minimum absolute atomic E-state index is 0. The maximum Gasteiger partial charge on any atom is 0.145 e. The van der Waals surface area contributed by atoms with E-state index in [4.69, 9.17) is 0 Å². The van der Waals surface area contributed by atoms with Gasteiger partial charge in [-0.3, -0.25) is 0 Å². The van der Waals surface area contributed by atoms with E-state index in [1.807, 2.05) is 0 Å². The number of alkyl halides is 2. The van der Waals surface area contributed by atoms with Gasteiger partial charge < -0.3 is 5.32 Å². The van der Waals surface area contributed by atoms with Crippen LogP contribution in [-0.4, -0.2) is 25.4 Å². The summed E-state index contributed by atoms with van der Waals surface area (Å²) in [5.41, 5.74) is 0. The summed E-state index contributed by atoms with van der Waals surface area (Å²) in [6, 6.07) is 0. The van der Waals surface area contributed by atoms with E-state index in [9.17, 15) is 8.78 Å². The third-order valence-electron chi connectivity index (χ3n) is 1.07. The Morgan fingerprint density at radius 2 is 1.50 bits per heavy atom. The van der Waals surface area contributed by atoms with Crippen molar-refractivity contribution in [1.82, 2.24) is 5.32 Å². The van der Waals surface area contributed by atoms with Crippen molar-refractivity contribution in [2.45, 2.75) is 12.3 Å². The van der Waals surface area contributed by atoms with Crippen LogP contribution in [0.3, 0.4) is 0 Å². The van der Waals surface area contributed by atoms with Gasteiger partial charge in [0.25, 0.3) is 0 Å². The van der Waals surface area contributed by atoms with Crippen molar-refractivity contribution in [2.75, 3.05) is 13.1 Å². The van der Waals surface area contributed by atoms with Gasteiger partial charge in [0.2, 0.25) is 0 Å². The van der Waals surface area contributed by atoms with E-state index >= 15 is 0 Å². The van der Waals surface area contributed by atoms with Gasteiger partial charge in [0.15, 0.2) is 0 Å². The molecule has 0 aliphatic carbocycles. The molecular weight excluding hydrogens is 136 g/mol. The second-order valence-corrected chi connectivity index (χ2v) is 1.69. The molecule has 8 heavy (non-hydrogen) atoms. The molecule has 0 unspecified atom stereocenters. The van der Waals surface area contributed by atoms with Crippen LogP contribution < -0.4 is 5.32 Å². The van der Waals surface area contributed by atoms with Gasteiger partial charge in [-0.2, -0.15) is 0 Å². The van der Waals surface area contributed by atoms with E-state index in [-0.39, 0.29) is 25.5 Å². The molecule has 1 aliphatic heterocycles. The molecule has 0 amide bonds. The molecule has 1 N–H and O–H groups in total. The molecule has 0 spiro atoms. The number of halogens is 3. The van der Waals surface area contributed by atoms with Crippen LogP contribution in [-0.2, 0) is 0 Å². The van der Waals surface area contributed by atoms with E-state index in [0.29, 0.717) is 0 Å². The van der Waals surface area contributed by atoms with Crippen molar-refractivity contribution < 1.29 is 8.78 Å². The lowest BCUT2D eigenvalue weighted by Crippen LogP contribution is -2.12. The second kappa shape index (κ2) is 3.20. The van der Waals surface area contributed by atoms with Crippen molar-refractivity contribution in [3.63, 3.8) is 0 Å². The zero-order valence-electron chi connectivity index (χ0n) is 4.23. The average molecular weight is 144 g/mol. The molecule has 50 valence electrons. The molecule has 1 nitrogen and oxygen atoms in total. The molecule has 1 aliphatic rings. The largest absolute Gasteiger partial charge is 0.311 e. The normalized spacial score (nSPS) is 36.8. The van der Waals surface area contributed by atoms with Gasteiger partial charge in [0.05, 0.1) is 0 Å². The van der Waals surface area contributed by atoms with Gasteiger partial charge in [-0.15, -0.1) is 12.4 Å². The van der Waals surface area contributed by atoms with Gasteiger partial charge in [-0.1, -0.05) is 0 Å². The maximum atomic E-state index is 11.9. The predicted molar refractivity (Wildman–Crippen MR) is 29.9 cm³/mol. The number of hydrogen-bond donors (Lipinski definition) is 1. The van der Waals surface area contributed by atoms with Gasteiger partial charge in [0, 0.05) is 13.1 Å². The van der Waals surface area contributed by atoms with Crippen molar-refractivity contribution in [1.29, 1.82) is 0 Å². The summed E-state index contributed by atoms with van der Waals surface area (Å²) in [4.78, 5) is 0. The van der Waals surface area contributed by atoms with E-state index in [2.05, 4.69) is 5.32 Å².